The number of carboxylic acids is 1. The van der Waals surface area contributed by atoms with Gasteiger partial charge in [0.15, 0.2) is 11.6 Å². The fourth-order valence-corrected chi connectivity index (χ4v) is 4.48. The first kappa shape index (κ1) is 28.2. The Bertz CT molecular complexity index is 1240. The average molecular weight is 542 g/mol. The van der Waals surface area contributed by atoms with Gasteiger partial charge in [0, 0.05) is 30.8 Å². The fraction of sp³-hybridized carbons (Fsp3) is 0.321. The maximum absolute atomic E-state index is 10.6. The molecule has 0 saturated heterocycles. The normalized spacial score (nSPS) is 15.6. The molecule has 11 heteroatoms. The minimum Gasteiger partial charge on any atom is -0.475 e. The van der Waals surface area contributed by atoms with Crippen LogP contribution in [0.5, 0.6) is 0 Å². The van der Waals surface area contributed by atoms with Crippen molar-refractivity contribution in [3.63, 3.8) is 0 Å². The summed E-state index contributed by atoms with van der Waals surface area (Å²) in [6.45, 7) is 4.39. The predicted octanol–water partition coefficient (Wildman–Crippen LogP) is 3.99. The van der Waals surface area contributed by atoms with Gasteiger partial charge in [-0.25, -0.2) is 4.79 Å². The first-order valence-corrected chi connectivity index (χ1v) is 12.6. The van der Waals surface area contributed by atoms with Crippen LogP contribution in [0.4, 0.5) is 13.2 Å². The van der Waals surface area contributed by atoms with Crippen molar-refractivity contribution >= 4 is 17.1 Å². The number of aromatic nitrogens is 3. The number of hydrogen-bond acceptors (Lipinski definition) is 6. The van der Waals surface area contributed by atoms with Gasteiger partial charge >= 0.3 is 12.1 Å². The number of carboxylic acid groups (broad SMARTS) is 1. The lowest BCUT2D eigenvalue weighted by atomic mass is 9.99. The molecule has 8 nitrogen and oxygen atoms in total. The van der Waals surface area contributed by atoms with Gasteiger partial charge in [-0.1, -0.05) is 60.7 Å². The van der Waals surface area contributed by atoms with E-state index < -0.39 is 12.1 Å². The zero-order valence-electron chi connectivity index (χ0n) is 21.2. The molecule has 39 heavy (non-hydrogen) atoms. The van der Waals surface area contributed by atoms with E-state index in [2.05, 4.69) is 81.5 Å². The van der Waals surface area contributed by atoms with Crippen LogP contribution in [0.15, 0.2) is 60.7 Å². The highest BCUT2D eigenvalue weighted by Crippen LogP contribution is 2.28. The third kappa shape index (κ3) is 7.20. The second-order valence-corrected chi connectivity index (χ2v) is 9.05. The van der Waals surface area contributed by atoms with Crippen LogP contribution in [-0.4, -0.2) is 69.9 Å². The molecular weight excluding hydrogens is 511 g/mol. The molecule has 3 heterocycles. The topological polar surface area (TPSA) is 112 Å². The summed E-state index contributed by atoms with van der Waals surface area (Å²) in [6.07, 6.45) is 1.53. The number of rotatable bonds is 6. The van der Waals surface area contributed by atoms with Crippen molar-refractivity contribution in [1.82, 2.24) is 25.4 Å². The van der Waals surface area contributed by atoms with Gasteiger partial charge in [-0.2, -0.15) is 13.2 Å². The van der Waals surface area contributed by atoms with Crippen LogP contribution in [-0.2, 0) is 11.3 Å². The Morgan fingerprint density at radius 1 is 0.795 bits per heavy atom. The van der Waals surface area contributed by atoms with Gasteiger partial charge in [0.05, 0.1) is 6.61 Å². The summed E-state index contributed by atoms with van der Waals surface area (Å²) in [5.41, 5.74) is 7.30. The lowest BCUT2D eigenvalue weighted by Gasteiger charge is -2.15. The lowest BCUT2D eigenvalue weighted by molar-refractivity contribution is -0.192. The van der Waals surface area contributed by atoms with Gasteiger partial charge in [-0.15, -0.1) is 10.2 Å². The van der Waals surface area contributed by atoms with Crippen LogP contribution >= 0.6 is 0 Å². The Kier molecular flexibility index (Phi) is 9.28. The van der Waals surface area contributed by atoms with Crippen molar-refractivity contribution in [2.75, 3.05) is 32.8 Å². The SMILES string of the molecule is O=C(O)C(F)(F)F.OCCn1c(-c2ccc(C3=CCNCC3)cc2)nnc1-c1ccc(C2=CCNCC2)cc1. The molecule has 0 atom stereocenters. The van der Waals surface area contributed by atoms with E-state index in [-0.39, 0.29) is 6.61 Å². The highest BCUT2D eigenvalue weighted by Gasteiger charge is 2.38. The van der Waals surface area contributed by atoms with Crippen molar-refractivity contribution in [2.24, 2.45) is 0 Å². The Morgan fingerprint density at radius 2 is 1.18 bits per heavy atom. The molecule has 2 aliphatic rings. The Hall–Kier alpha value is -3.80. The zero-order chi connectivity index (χ0) is 27.8. The number of carbonyl (C=O) groups is 1. The Morgan fingerprint density at radius 3 is 1.49 bits per heavy atom. The van der Waals surface area contributed by atoms with Crippen LogP contribution in [0.2, 0.25) is 0 Å². The maximum Gasteiger partial charge on any atom is 0.490 e. The molecule has 3 aromatic rings. The molecule has 0 saturated carbocycles. The standard InChI is InChI=1S/C26H29N5O.C2HF3O2/c32-18-17-31-25(23-5-1-19(2-6-23)21-9-13-27-14-10-21)29-30-26(31)24-7-3-20(4-8-24)22-11-15-28-16-12-22;3-2(4,5)1(6)7/h1-9,11,27-28,32H,10,12-18H2;(H,6,7). The number of hydrogen-bond donors (Lipinski definition) is 4. The van der Waals surface area contributed by atoms with Gasteiger partial charge in [-0.05, 0) is 48.2 Å². The molecule has 206 valence electrons. The molecule has 0 fully saturated rings. The number of nitrogens with one attached hydrogen (secondary N) is 2. The molecule has 5 rings (SSSR count). The average Bonchev–Trinajstić information content (AvgIpc) is 3.38. The third-order valence-electron chi connectivity index (χ3n) is 6.47. The van der Waals surface area contributed by atoms with Gasteiger partial charge < -0.3 is 25.4 Å². The molecule has 0 spiro atoms. The van der Waals surface area contributed by atoms with Crippen LogP contribution in [0.25, 0.3) is 33.9 Å². The van der Waals surface area contributed by atoms with E-state index in [1.807, 2.05) is 4.57 Å². The summed E-state index contributed by atoms with van der Waals surface area (Å²) >= 11 is 0. The van der Waals surface area contributed by atoms with Crippen molar-refractivity contribution in [3.8, 4) is 22.8 Å². The fourth-order valence-electron chi connectivity index (χ4n) is 4.48. The number of benzene rings is 2. The molecule has 0 amide bonds. The largest absolute Gasteiger partial charge is 0.490 e. The van der Waals surface area contributed by atoms with E-state index in [9.17, 15) is 18.3 Å². The molecule has 2 aromatic carbocycles. The lowest BCUT2D eigenvalue weighted by Crippen LogP contribution is -2.21. The van der Waals surface area contributed by atoms with E-state index in [0.717, 1.165) is 61.8 Å². The molecule has 0 aliphatic carbocycles. The quantitative estimate of drug-likeness (QED) is 0.373. The van der Waals surface area contributed by atoms with Crippen molar-refractivity contribution < 1.29 is 28.2 Å². The molecule has 4 N–H and O–H groups in total. The molecule has 0 unspecified atom stereocenters. The predicted molar refractivity (Wildman–Crippen MR) is 143 cm³/mol. The summed E-state index contributed by atoms with van der Waals surface area (Å²) in [5.74, 6) is -1.19. The Labute approximate surface area is 223 Å². The van der Waals surface area contributed by atoms with Crippen molar-refractivity contribution in [2.45, 2.75) is 25.6 Å². The summed E-state index contributed by atoms with van der Waals surface area (Å²) < 4.78 is 33.7. The monoisotopic (exact) mass is 541 g/mol. The van der Waals surface area contributed by atoms with Crippen molar-refractivity contribution in [3.05, 3.63) is 71.8 Å². The number of aliphatic hydroxyl groups is 1. The number of aliphatic carboxylic acids is 1. The van der Waals surface area contributed by atoms with E-state index in [0.29, 0.717) is 6.54 Å². The van der Waals surface area contributed by atoms with Gasteiger partial charge in [0.1, 0.15) is 0 Å². The minimum atomic E-state index is -5.08. The summed E-state index contributed by atoms with van der Waals surface area (Å²) in [6, 6.07) is 17.0. The number of alkyl halides is 3. The molecule has 0 radical (unpaired) electrons. The maximum atomic E-state index is 10.6. The smallest absolute Gasteiger partial charge is 0.475 e. The summed E-state index contributed by atoms with van der Waals surface area (Å²) in [7, 11) is 0. The Balaban J connectivity index is 0.000000448. The van der Waals surface area contributed by atoms with Gasteiger partial charge in [0.2, 0.25) is 0 Å². The van der Waals surface area contributed by atoms with Gasteiger partial charge in [-0.3, -0.25) is 0 Å². The van der Waals surface area contributed by atoms with E-state index in [1.165, 1.54) is 22.3 Å². The van der Waals surface area contributed by atoms with Crippen LogP contribution in [0.1, 0.15) is 24.0 Å². The number of nitrogens with zero attached hydrogens (tertiary/aromatic N) is 3. The zero-order valence-corrected chi connectivity index (χ0v) is 21.2. The summed E-state index contributed by atoms with van der Waals surface area (Å²) in [5, 5.41) is 32.5. The van der Waals surface area contributed by atoms with E-state index in [4.69, 9.17) is 9.90 Å². The highest BCUT2D eigenvalue weighted by molar-refractivity contribution is 5.73. The van der Waals surface area contributed by atoms with Crippen molar-refractivity contribution in [1.29, 1.82) is 0 Å². The molecular formula is C28H30F3N5O3. The second kappa shape index (κ2) is 12.8. The van der Waals surface area contributed by atoms with E-state index >= 15 is 0 Å². The second-order valence-electron chi connectivity index (χ2n) is 9.05. The van der Waals surface area contributed by atoms with Crippen LogP contribution in [0, 0.1) is 0 Å². The molecule has 2 aliphatic heterocycles. The summed E-state index contributed by atoms with van der Waals surface area (Å²) in [4.78, 5) is 8.90. The molecule has 1 aromatic heterocycles. The van der Waals surface area contributed by atoms with Crippen LogP contribution < -0.4 is 10.6 Å². The third-order valence-corrected chi connectivity index (χ3v) is 6.47. The molecule has 0 bridgehead atoms. The number of halogens is 3. The van der Waals surface area contributed by atoms with Crippen LogP contribution in [0.3, 0.4) is 0 Å². The minimum absolute atomic E-state index is 0.0357. The first-order chi connectivity index (χ1) is 18.8. The first-order valence-electron chi connectivity index (χ1n) is 12.6. The van der Waals surface area contributed by atoms with E-state index in [1.54, 1.807) is 0 Å². The van der Waals surface area contributed by atoms with Gasteiger partial charge in [0.25, 0.3) is 0 Å². The number of aliphatic hydroxyl groups excluding tert-OH is 1. The highest BCUT2D eigenvalue weighted by atomic mass is 19.4.